The van der Waals surface area contributed by atoms with Crippen molar-refractivity contribution in [1.29, 1.82) is 0 Å². The van der Waals surface area contributed by atoms with Gasteiger partial charge in [0.15, 0.2) is 6.61 Å². The molecule has 4 nitrogen and oxygen atoms in total. The highest BCUT2D eigenvalue weighted by Gasteiger charge is 2.60. The molecule has 0 aromatic heterocycles. The number of halogens is 1. The molecule has 4 atom stereocenters. The standard InChI is InChI=1S/C23H30ClNO3/c1-15-4-5-19(16(2)6-15)12-25(3)20(26)13-28-21(27)22-8-17-7-18(9-22)11-23(24,10-17)14-22/h4-6,17-18H,7-14H2,1-3H3/t17-,18+,22?,23?. The molecule has 4 saturated carbocycles. The van der Waals surface area contributed by atoms with Gasteiger partial charge in [-0.05, 0) is 75.3 Å². The van der Waals surface area contributed by atoms with Crippen LogP contribution in [0.4, 0.5) is 0 Å². The van der Waals surface area contributed by atoms with Crippen LogP contribution in [0.1, 0.15) is 55.2 Å². The lowest BCUT2D eigenvalue weighted by Gasteiger charge is -2.58. The van der Waals surface area contributed by atoms with Gasteiger partial charge in [-0.25, -0.2) is 0 Å². The predicted molar refractivity (Wildman–Crippen MR) is 109 cm³/mol. The Bertz CT molecular complexity index is 791. The SMILES string of the molecule is Cc1ccc(CN(C)C(=O)COC(=O)C23C[C@@H]4C[C@@H](CC(Cl)(C4)C2)C3)c(C)c1. The Kier molecular flexibility index (Phi) is 4.97. The van der Waals surface area contributed by atoms with E-state index in [0.29, 0.717) is 24.8 Å². The number of likely N-dealkylation sites (N-methyl/N-ethyl adjacent to an activating group) is 1. The Balaban J connectivity index is 1.35. The molecule has 2 unspecified atom stereocenters. The van der Waals surface area contributed by atoms with Gasteiger partial charge in [0.25, 0.3) is 5.91 Å². The second-order valence-electron chi connectivity index (χ2n) is 9.65. The van der Waals surface area contributed by atoms with Crippen LogP contribution >= 0.6 is 11.6 Å². The molecule has 5 rings (SSSR count). The third-order valence-corrected chi connectivity index (χ3v) is 7.52. The fraction of sp³-hybridized carbons (Fsp3) is 0.652. The van der Waals surface area contributed by atoms with E-state index in [4.69, 9.17) is 16.3 Å². The molecule has 4 aliphatic carbocycles. The first-order chi connectivity index (χ1) is 13.2. The zero-order chi connectivity index (χ0) is 20.1. The van der Waals surface area contributed by atoms with Crippen molar-refractivity contribution >= 4 is 23.5 Å². The molecule has 0 heterocycles. The number of nitrogens with zero attached hydrogens (tertiary/aromatic N) is 1. The molecule has 1 aromatic rings. The molecular formula is C23H30ClNO3. The van der Waals surface area contributed by atoms with E-state index in [1.807, 2.05) is 0 Å². The Morgan fingerprint density at radius 1 is 1.18 bits per heavy atom. The maximum absolute atomic E-state index is 13.0. The van der Waals surface area contributed by atoms with Gasteiger partial charge >= 0.3 is 5.97 Å². The molecule has 4 aliphatic rings. The average molecular weight is 404 g/mol. The molecule has 1 aromatic carbocycles. The summed E-state index contributed by atoms with van der Waals surface area (Å²) in [4.78, 5) is 26.9. The molecular weight excluding hydrogens is 374 g/mol. The molecule has 28 heavy (non-hydrogen) atoms. The first-order valence-corrected chi connectivity index (χ1v) is 10.7. The number of hydrogen-bond acceptors (Lipinski definition) is 3. The van der Waals surface area contributed by atoms with Crippen molar-refractivity contribution in [1.82, 2.24) is 4.90 Å². The number of carbonyl (C=O) groups is 2. The normalized spacial score (nSPS) is 33.0. The van der Waals surface area contributed by atoms with Gasteiger partial charge in [-0.2, -0.15) is 0 Å². The maximum Gasteiger partial charge on any atom is 0.312 e. The zero-order valence-corrected chi connectivity index (χ0v) is 17.8. The lowest BCUT2D eigenvalue weighted by atomic mass is 9.49. The summed E-state index contributed by atoms with van der Waals surface area (Å²) < 4.78 is 5.55. The van der Waals surface area contributed by atoms with Gasteiger partial charge in [-0.3, -0.25) is 9.59 Å². The van der Waals surface area contributed by atoms with E-state index in [1.165, 1.54) is 12.0 Å². The molecule has 4 bridgehead atoms. The third kappa shape index (κ3) is 3.68. The van der Waals surface area contributed by atoms with Crippen LogP contribution in [0.25, 0.3) is 0 Å². The average Bonchev–Trinajstić information content (AvgIpc) is 2.59. The number of hydrogen-bond donors (Lipinski definition) is 0. The van der Waals surface area contributed by atoms with Crippen LogP contribution in [0.2, 0.25) is 0 Å². The topological polar surface area (TPSA) is 46.6 Å². The largest absolute Gasteiger partial charge is 0.455 e. The Labute approximate surface area is 172 Å². The Morgan fingerprint density at radius 3 is 2.46 bits per heavy atom. The number of amides is 1. The van der Waals surface area contributed by atoms with Crippen molar-refractivity contribution in [2.75, 3.05) is 13.7 Å². The summed E-state index contributed by atoms with van der Waals surface area (Å²) in [6.45, 7) is 4.44. The van der Waals surface area contributed by atoms with E-state index in [9.17, 15) is 9.59 Å². The Morgan fingerprint density at radius 2 is 1.86 bits per heavy atom. The highest BCUT2D eigenvalue weighted by molar-refractivity contribution is 6.24. The predicted octanol–water partition coefficient (Wildman–Crippen LogP) is 4.38. The van der Waals surface area contributed by atoms with Gasteiger partial charge in [0.1, 0.15) is 0 Å². The quantitative estimate of drug-likeness (QED) is 0.541. The summed E-state index contributed by atoms with van der Waals surface area (Å²) in [5.74, 6) is 0.696. The van der Waals surface area contributed by atoms with Crippen LogP contribution in [0.5, 0.6) is 0 Å². The minimum atomic E-state index is -0.460. The summed E-state index contributed by atoms with van der Waals surface area (Å²) in [7, 11) is 1.76. The van der Waals surface area contributed by atoms with Crippen LogP contribution < -0.4 is 0 Å². The molecule has 152 valence electrons. The molecule has 0 N–H and O–H groups in total. The number of aryl methyl sites for hydroxylation is 2. The molecule has 0 saturated heterocycles. The fourth-order valence-corrected chi connectivity index (χ4v) is 6.84. The number of rotatable bonds is 5. The van der Waals surface area contributed by atoms with Crippen LogP contribution in [0.3, 0.4) is 0 Å². The van der Waals surface area contributed by atoms with Crippen molar-refractivity contribution in [2.45, 2.75) is 63.8 Å². The lowest BCUT2D eigenvalue weighted by Crippen LogP contribution is -2.56. The van der Waals surface area contributed by atoms with Crippen molar-refractivity contribution in [3.8, 4) is 0 Å². The molecule has 4 fully saturated rings. The summed E-state index contributed by atoms with van der Waals surface area (Å²) >= 11 is 6.81. The second kappa shape index (κ2) is 7.05. The monoisotopic (exact) mass is 403 g/mol. The van der Waals surface area contributed by atoms with Crippen LogP contribution in [-0.4, -0.2) is 35.3 Å². The van der Waals surface area contributed by atoms with E-state index >= 15 is 0 Å². The minimum Gasteiger partial charge on any atom is -0.455 e. The summed E-state index contributed by atoms with van der Waals surface area (Å²) in [6, 6.07) is 6.22. The highest BCUT2D eigenvalue weighted by atomic mass is 35.5. The first-order valence-electron chi connectivity index (χ1n) is 10.3. The van der Waals surface area contributed by atoms with E-state index in [2.05, 4.69) is 32.0 Å². The van der Waals surface area contributed by atoms with Crippen LogP contribution in [0.15, 0.2) is 18.2 Å². The number of benzene rings is 1. The smallest absolute Gasteiger partial charge is 0.312 e. The molecule has 0 radical (unpaired) electrons. The van der Waals surface area contributed by atoms with Crippen LogP contribution in [-0.2, 0) is 20.9 Å². The zero-order valence-electron chi connectivity index (χ0n) is 17.1. The van der Waals surface area contributed by atoms with Gasteiger partial charge in [0, 0.05) is 18.5 Å². The molecule has 5 heteroatoms. The first kappa shape index (κ1) is 19.8. The maximum atomic E-state index is 13.0. The van der Waals surface area contributed by atoms with Gasteiger partial charge < -0.3 is 9.64 Å². The van der Waals surface area contributed by atoms with Crippen LogP contribution in [0, 0.1) is 31.1 Å². The van der Waals surface area contributed by atoms with Crippen molar-refractivity contribution in [3.05, 3.63) is 34.9 Å². The van der Waals surface area contributed by atoms with Crippen molar-refractivity contribution in [3.63, 3.8) is 0 Å². The van der Waals surface area contributed by atoms with Gasteiger partial charge in [-0.1, -0.05) is 23.8 Å². The summed E-state index contributed by atoms with van der Waals surface area (Å²) in [6.07, 6.45) is 5.71. The fourth-order valence-electron chi connectivity index (χ4n) is 6.15. The van der Waals surface area contributed by atoms with Gasteiger partial charge in [0.05, 0.1) is 5.41 Å². The van der Waals surface area contributed by atoms with E-state index < -0.39 is 5.41 Å². The number of esters is 1. The minimum absolute atomic E-state index is 0.168. The number of ether oxygens (including phenoxy) is 1. The van der Waals surface area contributed by atoms with Gasteiger partial charge in [0.2, 0.25) is 0 Å². The van der Waals surface area contributed by atoms with E-state index in [1.54, 1.807) is 11.9 Å². The van der Waals surface area contributed by atoms with E-state index in [0.717, 1.165) is 36.8 Å². The highest BCUT2D eigenvalue weighted by Crippen LogP contribution is 2.64. The molecule has 0 spiro atoms. The second-order valence-corrected chi connectivity index (χ2v) is 10.4. The third-order valence-electron chi connectivity index (χ3n) is 7.08. The lowest BCUT2D eigenvalue weighted by molar-refractivity contribution is -0.173. The number of alkyl halides is 1. The Hall–Kier alpha value is -1.55. The summed E-state index contributed by atoms with van der Waals surface area (Å²) in [5.41, 5.74) is 3.02. The molecule has 0 aliphatic heterocycles. The van der Waals surface area contributed by atoms with Crippen molar-refractivity contribution < 1.29 is 14.3 Å². The number of carbonyl (C=O) groups excluding carboxylic acids is 2. The van der Waals surface area contributed by atoms with E-state index in [-0.39, 0.29) is 23.4 Å². The molecule has 1 amide bonds. The summed E-state index contributed by atoms with van der Waals surface area (Å²) in [5, 5.41) is 0. The van der Waals surface area contributed by atoms with Gasteiger partial charge in [-0.15, -0.1) is 11.6 Å². The van der Waals surface area contributed by atoms with Crippen molar-refractivity contribution in [2.24, 2.45) is 17.3 Å².